The number of ether oxygens (including phenoxy) is 1. The summed E-state index contributed by atoms with van der Waals surface area (Å²) in [4.78, 5) is 9.42. The highest BCUT2D eigenvalue weighted by atomic mass is 16.5. The molecular weight excluding hydrogens is 312 g/mol. The van der Waals surface area contributed by atoms with Crippen LogP contribution in [0.15, 0.2) is 29.3 Å². The van der Waals surface area contributed by atoms with Crippen molar-refractivity contribution in [1.29, 1.82) is 0 Å². The molecule has 0 heterocycles. The van der Waals surface area contributed by atoms with Gasteiger partial charge in [-0.15, -0.1) is 0 Å². The van der Waals surface area contributed by atoms with Gasteiger partial charge in [0.05, 0.1) is 7.11 Å². The van der Waals surface area contributed by atoms with E-state index in [0.717, 1.165) is 50.9 Å². The minimum atomic E-state index is 0.829. The third-order valence-corrected chi connectivity index (χ3v) is 4.31. The summed E-state index contributed by atoms with van der Waals surface area (Å²) in [5, 5.41) is 3.39. The topological polar surface area (TPSA) is 40.1 Å². The molecule has 0 fully saturated rings. The lowest BCUT2D eigenvalue weighted by Crippen LogP contribution is -2.38. The number of rotatable bonds is 11. The number of nitrogens with one attached hydrogen (secondary N) is 1. The second kappa shape index (κ2) is 12.6. The molecule has 0 spiro atoms. The SMILES string of the molecule is CCNC(=NCCCCN(CC)CC)N(C)Cc1ccc(OC)cc1. The molecule has 0 saturated heterocycles. The van der Waals surface area contributed by atoms with Gasteiger partial charge < -0.3 is 19.9 Å². The van der Waals surface area contributed by atoms with Crippen LogP contribution in [0.25, 0.3) is 0 Å². The molecule has 1 aromatic rings. The third kappa shape index (κ3) is 8.25. The van der Waals surface area contributed by atoms with Gasteiger partial charge in [-0.2, -0.15) is 0 Å². The van der Waals surface area contributed by atoms with Crippen molar-refractivity contribution >= 4 is 5.96 Å². The van der Waals surface area contributed by atoms with E-state index in [-0.39, 0.29) is 0 Å². The van der Waals surface area contributed by atoms with Gasteiger partial charge in [0, 0.05) is 26.7 Å². The van der Waals surface area contributed by atoms with E-state index in [1.807, 2.05) is 12.1 Å². The minimum Gasteiger partial charge on any atom is -0.497 e. The van der Waals surface area contributed by atoms with Crippen LogP contribution < -0.4 is 10.1 Å². The third-order valence-electron chi connectivity index (χ3n) is 4.31. The Labute approximate surface area is 154 Å². The molecule has 0 radical (unpaired) electrons. The lowest BCUT2D eigenvalue weighted by molar-refractivity contribution is 0.297. The molecule has 0 aliphatic rings. The molecule has 1 rings (SSSR count). The zero-order chi connectivity index (χ0) is 18.5. The second-order valence-electron chi connectivity index (χ2n) is 6.17. The average molecular weight is 349 g/mol. The molecular formula is C20H36N4O. The highest BCUT2D eigenvalue weighted by Gasteiger charge is 2.06. The first-order valence-corrected chi connectivity index (χ1v) is 9.49. The van der Waals surface area contributed by atoms with Crippen molar-refractivity contribution in [2.45, 2.75) is 40.2 Å². The Morgan fingerprint density at radius 1 is 1.08 bits per heavy atom. The number of methoxy groups -OCH3 is 1. The van der Waals surface area contributed by atoms with Crippen molar-refractivity contribution in [3.63, 3.8) is 0 Å². The smallest absolute Gasteiger partial charge is 0.193 e. The van der Waals surface area contributed by atoms with Gasteiger partial charge in [-0.25, -0.2) is 0 Å². The fourth-order valence-corrected chi connectivity index (χ4v) is 2.72. The van der Waals surface area contributed by atoms with Crippen LogP contribution >= 0.6 is 0 Å². The number of guanidine groups is 1. The van der Waals surface area contributed by atoms with Gasteiger partial charge in [-0.1, -0.05) is 26.0 Å². The molecule has 142 valence electrons. The average Bonchev–Trinajstić information content (AvgIpc) is 2.64. The van der Waals surface area contributed by atoms with E-state index in [2.05, 4.69) is 55.1 Å². The normalized spacial score (nSPS) is 11.7. The summed E-state index contributed by atoms with van der Waals surface area (Å²) >= 11 is 0. The first-order valence-electron chi connectivity index (χ1n) is 9.49. The standard InChI is InChI=1S/C20H36N4O/c1-6-21-20(22-15-9-10-16-24(7-2)8-3)23(4)17-18-11-13-19(25-5)14-12-18/h11-14H,6-10,15-17H2,1-5H3,(H,21,22). The van der Waals surface area contributed by atoms with Crippen LogP contribution in [0, 0.1) is 0 Å². The van der Waals surface area contributed by atoms with E-state index < -0.39 is 0 Å². The van der Waals surface area contributed by atoms with E-state index in [0.29, 0.717) is 0 Å². The number of benzene rings is 1. The first-order chi connectivity index (χ1) is 12.1. The lowest BCUT2D eigenvalue weighted by atomic mass is 10.2. The molecule has 0 amide bonds. The van der Waals surface area contributed by atoms with Crippen LogP contribution in [0.1, 0.15) is 39.2 Å². The van der Waals surface area contributed by atoms with E-state index >= 15 is 0 Å². The zero-order valence-electron chi connectivity index (χ0n) is 16.7. The lowest BCUT2D eigenvalue weighted by Gasteiger charge is -2.22. The van der Waals surface area contributed by atoms with E-state index in [9.17, 15) is 0 Å². The maximum atomic E-state index is 5.22. The highest BCUT2D eigenvalue weighted by molar-refractivity contribution is 5.79. The van der Waals surface area contributed by atoms with Gasteiger partial charge >= 0.3 is 0 Å². The quantitative estimate of drug-likeness (QED) is 0.379. The molecule has 0 bridgehead atoms. The predicted octanol–water partition coefficient (Wildman–Crippen LogP) is 3.21. The highest BCUT2D eigenvalue weighted by Crippen LogP contribution is 2.12. The summed E-state index contributed by atoms with van der Waals surface area (Å²) in [6.45, 7) is 12.6. The molecule has 0 saturated carbocycles. The number of aliphatic imine (C=N–C) groups is 1. The predicted molar refractivity (Wildman–Crippen MR) is 107 cm³/mol. The fourth-order valence-electron chi connectivity index (χ4n) is 2.72. The van der Waals surface area contributed by atoms with Crippen LogP contribution in [-0.4, -0.2) is 62.6 Å². The molecule has 0 atom stereocenters. The number of hydrogen-bond donors (Lipinski definition) is 1. The first kappa shape index (κ1) is 21.3. The van der Waals surface area contributed by atoms with Gasteiger partial charge in [-0.3, -0.25) is 4.99 Å². The second-order valence-corrected chi connectivity index (χ2v) is 6.17. The molecule has 1 N–H and O–H groups in total. The molecule has 0 aromatic heterocycles. The van der Waals surface area contributed by atoms with Crippen LogP contribution in [0.2, 0.25) is 0 Å². The summed E-state index contributed by atoms with van der Waals surface area (Å²) in [6.07, 6.45) is 2.33. The molecule has 5 nitrogen and oxygen atoms in total. The molecule has 0 aliphatic heterocycles. The summed E-state index contributed by atoms with van der Waals surface area (Å²) in [7, 11) is 3.78. The Kier molecular flexibility index (Phi) is 10.7. The Morgan fingerprint density at radius 3 is 2.32 bits per heavy atom. The fraction of sp³-hybridized carbons (Fsp3) is 0.650. The van der Waals surface area contributed by atoms with Crippen molar-refractivity contribution < 1.29 is 4.74 Å². The van der Waals surface area contributed by atoms with Crippen molar-refractivity contribution in [2.24, 2.45) is 4.99 Å². The Balaban J connectivity index is 2.49. The van der Waals surface area contributed by atoms with Crippen LogP contribution in [0.4, 0.5) is 0 Å². The number of nitrogens with zero attached hydrogens (tertiary/aromatic N) is 3. The monoisotopic (exact) mass is 348 g/mol. The van der Waals surface area contributed by atoms with Crippen LogP contribution in [-0.2, 0) is 6.54 Å². The van der Waals surface area contributed by atoms with Crippen LogP contribution in [0.5, 0.6) is 5.75 Å². The van der Waals surface area contributed by atoms with Crippen molar-refractivity contribution in [3.8, 4) is 5.75 Å². The van der Waals surface area contributed by atoms with Crippen molar-refractivity contribution in [3.05, 3.63) is 29.8 Å². The molecule has 0 unspecified atom stereocenters. The van der Waals surface area contributed by atoms with Gasteiger partial charge in [0.2, 0.25) is 0 Å². The summed E-state index contributed by atoms with van der Waals surface area (Å²) in [6, 6.07) is 8.20. The summed E-state index contributed by atoms with van der Waals surface area (Å²) in [5.74, 6) is 1.86. The maximum Gasteiger partial charge on any atom is 0.193 e. The Morgan fingerprint density at radius 2 is 1.76 bits per heavy atom. The van der Waals surface area contributed by atoms with E-state index in [1.165, 1.54) is 18.5 Å². The van der Waals surface area contributed by atoms with Crippen molar-refractivity contribution in [2.75, 3.05) is 46.9 Å². The number of unbranched alkanes of at least 4 members (excludes halogenated alkanes) is 1. The van der Waals surface area contributed by atoms with Crippen LogP contribution in [0.3, 0.4) is 0 Å². The van der Waals surface area contributed by atoms with E-state index in [1.54, 1.807) is 7.11 Å². The molecule has 5 heteroatoms. The largest absolute Gasteiger partial charge is 0.497 e. The molecule has 1 aromatic carbocycles. The van der Waals surface area contributed by atoms with Gasteiger partial charge in [0.25, 0.3) is 0 Å². The minimum absolute atomic E-state index is 0.829. The Hall–Kier alpha value is -1.75. The van der Waals surface area contributed by atoms with Gasteiger partial charge in [0.15, 0.2) is 5.96 Å². The van der Waals surface area contributed by atoms with E-state index in [4.69, 9.17) is 9.73 Å². The Bertz CT molecular complexity index is 483. The summed E-state index contributed by atoms with van der Waals surface area (Å²) < 4.78 is 5.22. The summed E-state index contributed by atoms with van der Waals surface area (Å²) in [5.41, 5.74) is 1.25. The zero-order valence-corrected chi connectivity index (χ0v) is 16.7. The molecule has 0 aliphatic carbocycles. The van der Waals surface area contributed by atoms with Gasteiger partial charge in [0.1, 0.15) is 5.75 Å². The van der Waals surface area contributed by atoms with Crippen molar-refractivity contribution in [1.82, 2.24) is 15.1 Å². The maximum absolute atomic E-state index is 5.22. The molecule has 25 heavy (non-hydrogen) atoms. The number of hydrogen-bond acceptors (Lipinski definition) is 3. The van der Waals surface area contributed by atoms with Gasteiger partial charge in [-0.05, 0) is 57.1 Å².